The van der Waals surface area contributed by atoms with Gasteiger partial charge in [0.2, 0.25) is 0 Å². The monoisotopic (exact) mass is 404 g/mol. The van der Waals surface area contributed by atoms with Gasteiger partial charge in [-0.15, -0.1) is 0 Å². The Morgan fingerprint density at radius 1 is 1.00 bits per heavy atom. The molecular formula is C20H18Cl2N2O3. The Labute approximate surface area is 167 Å². The van der Waals surface area contributed by atoms with Crippen LogP contribution < -0.4 is 4.90 Å². The number of benzene rings is 2. The summed E-state index contributed by atoms with van der Waals surface area (Å²) in [6.45, 7) is 2.01. The molecule has 0 bridgehead atoms. The van der Waals surface area contributed by atoms with E-state index in [0.29, 0.717) is 21.3 Å². The molecule has 3 rings (SSSR count). The molecule has 1 aliphatic rings. The number of aliphatic hydroxyl groups excluding tert-OH is 1. The summed E-state index contributed by atoms with van der Waals surface area (Å²) in [4.78, 5) is 29.0. The zero-order valence-electron chi connectivity index (χ0n) is 14.9. The van der Waals surface area contributed by atoms with Crippen molar-refractivity contribution in [3.05, 3.63) is 69.3 Å². The number of aryl methyl sites for hydroxylation is 1. The molecular weight excluding hydrogens is 387 g/mol. The van der Waals surface area contributed by atoms with Crippen LogP contribution in [0.4, 0.5) is 5.69 Å². The van der Waals surface area contributed by atoms with Crippen LogP contribution in [0.25, 0.3) is 5.57 Å². The van der Waals surface area contributed by atoms with E-state index >= 15 is 0 Å². The summed E-state index contributed by atoms with van der Waals surface area (Å²) in [6, 6.07) is 11.9. The smallest absolute Gasteiger partial charge is 0.282 e. The van der Waals surface area contributed by atoms with Gasteiger partial charge in [0.25, 0.3) is 11.8 Å². The maximum absolute atomic E-state index is 13.2. The minimum absolute atomic E-state index is 0.147. The Bertz CT molecular complexity index is 918. The average molecular weight is 405 g/mol. The molecule has 0 aromatic heterocycles. The van der Waals surface area contributed by atoms with E-state index in [2.05, 4.69) is 0 Å². The SMILES string of the molecule is Cc1ccc(C2=C(N(C)CCO)C(=O)N(c3cc(Cl)cc(Cl)c3)C2=O)cc1. The van der Waals surface area contributed by atoms with Gasteiger partial charge < -0.3 is 10.0 Å². The van der Waals surface area contributed by atoms with Gasteiger partial charge in [-0.25, -0.2) is 4.90 Å². The number of likely N-dealkylation sites (N-methyl/N-ethyl adjacent to an activating group) is 1. The molecule has 1 heterocycles. The van der Waals surface area contributed by atoms with Crippen molar-refractivity contribution in [2.24, 2.45) is 0 Å². The second-order valence-electron chi connectivity index (χ2n) is 6.31. The van der Waals surface area contributed by atoms with Crippen molar-refractivity contribution >= 4 is 46.3 Å². The van der Waals surface area contributed by atoms with Gasteiger partial charge in [0.05, 0.1) is 17.9 Å². The molecule has 0 aliphatic carbocycles. The second kappa shape index (κ2) is 7.72. The average Bonchev–Trinajstić information content (AvgIpc) is 2.85. The lowest BCUT2D eigenvalue weighted by molar-refractivity contribution is -0.120. The molecule has 0 saturated carbocycles. The number of aliphatic hydroxyl groups is 1. The maximum atomic E-state index is 13.2. The second-order valence-corrected chi connectivity index (χ2v) is 7.18. The molecule has 0 spiro atoms. The number of imide groups is 1. The molecule has 1 aliphatic heterocycles. The molecule has 27 heavy (non-hydrogen) atoms. The topological polar surface area (TPSA) is 60.9 Å². The fraction of sp³-hybridized carbons (Fsp3) is 0.200. The first-order valence-corrected chi connectivity index (χ1v) is 9.07. The van der Waals surface area contributed by atoms with Gasteiger partial charge in [-0.1, -0.05) is 53.0 Å². The summed E-state index contributed by atoms with van der Waals surface area (Å²) in [7, 11) is 1.67. The minimum Gasteiger partial charge on any atom is -0.395 e. The van der Waals surface area contributed by atoms with Crippen LogP contribution in [0.5, 0.6) is 0 Å². The fourth-order valence-corrected chi connectivity index (χ4v) is 3.53. The summed E-state index contributed by atoms with van der Waals surface area (Å²) < 4.78 is 0. The number of rotatable bonds is 5. The molecule has 0 fully saturated rings. The third-order valence-electron chi connectivity index (χ3n) is 4.32. The maximum Gasteiger partial charge on any atom is 0.282 e. The normalized spacial score (nSPS) is 14.3. The van der Waals surface area contributed by atoms with Crippen molar-refractivity contribution in [1.82, 2.24) is 4.90 Å². The lowest BCUT2D eigenvalue weighted by atomic mass is 10.0. The Morgan fingerprint density at radius 2 is 1.59 bits per heavy atom. The Balaban J connectivity index is 2.14. The van der Waals surface area contributed by atoms with E-state index in [-0.39, 0.29) is 24.4 Å². The van der Waals surface area contributed by atoms with Crippen LogP contribution in [0, 0.1) is 6.92 Å². The molecule has 140 valence electrons. The van der Waals surface area contributed by atoms with Crippen LogP contribution >= 0.6 is 23.2 Å². The zero-order valence-corrected chi connectivity index (χ0v) is 16.4. The van der Waals surface area contributed by atoms with Crippen LogP contribution in [0.2, 0.25) is 10.0 Å². The van der Waals surface area contributed by atoms with Crippen molar-refractivity contribution < 1.29 is 14.7 Å². The third kappa shape index (κ3) is 3.72. The lowest BCUT2D eigenvalue weighted by Crippen LogP contribution is -2.34. The van der Waals surface area contributed by atoms with Crippen molar-refractivity contribution in [3.63, 3.8) is 0 Å². The zero-order chi connectivity index (χ0) is 19.7. The number of anilines is 1. The summed E-state index contributed by atoms with van der Waals surface area (Å²) in [5.41, 5.74) is 2.50. The quantitative estimate of drug-likeness (QED) is 0.774. The van der Waals surface area contributed by atoms with E-state index in [4.69, 9.17) is 23.2 Å². The number of halogens is 2. The predicted octanol–water partition coefficient (Wildman–Crippen LogP) is 3.51. The van der Waals surface area contributed by atoms with Gasteiger partial charge in [-0.05, 0) is 30.7 Å². The van der Waals surface area contributed by atoms with Crippen LogP contribution in [-0.4, -0.2) is 42.0 Å². The minimum atomic E-state index is -0.482. The molecule has 0 atom stereocenters. The van der Waals surface area contributed by atoms with Gasteiger partial charge in [-0.2, -0.15) is 0 Å². The number of hydrogen-bond acceptors (Lipinski definition) is 4. The first-order valence-electron chi connectivity index (χ1n) is 8.31. The van der Waals surface area contributed by atoms with Crippen molar-refractivity contribution in [1.29, 1.82) is 0 Å². The highest BCUT2D eigenvalue weighted by atomic mass is 35.5. The molecule has 1 N–H and O–H groups in total. The largest absolute Gasteiger partial charge is 0.395 e. The number of nitrogens with zero attached hydrogens (tertiary/aromatic N) is 2. The van der Waals surface area contributed by atoms with Crippen LogP contribution in [-0.2, 0) is 9.59 Å². The standard InChI is InChI=1S/C20H18Cl2N2O3/c1-12-3-5-13(6-4-12)17-18(23(2)7-8-25)20(27)24(19(17)26)16-10-14(21)9-15(22)11-16/h3-6,9-11,25H,7-8H2,1-2H3. The summed E-state index contributed by atoms with van der Waals surface area (Å²) in [6.07, 6.45) is 0. The van der Waals surface area contributed by atoms with E-state index < -0.39 is 11.8 Å². The molecule has 7 heteroatoms. The van der Waals surface area contributed by atoms with Crippen LogP contribution in [0.15, 0.2) is 48.2 Å². The van der Waals surface area contributed by atoms with Gasteiger partial charge in [-0.3, -0.25) is 9.59 Å². The fourth-order valence-electron chi connectivity index (χ4n) is 3.02. The van der Waals surface area contributed by atoms with E-state index in [1.54, 1.807) is 24.1 Å². The van der Waals surface area contributed by atoms with Crippen LogP contribution in [0.1, 0.15) is 11.1 Å². The Hall–Kier alpha value is -2.34. The molecule has 0 saturated heterocycles. The van der Waals surface area contributed by atoms with E-state index in [0.717, 1.165) is 10.5 Å². The van der Waals surface area contributed by atoms with E-state index in [1.807, 2.05) is 19.1 Å². The number of amides is 2. The van der Waals surface area contributed by atoms with Gasteiger partial charge in [0.1, 0.15) is 5.70 Å². The predicted molar refractivity (Wildman–Crippen MR) is 107 cm³/mol. The molecule has 5 nitrogen and oxygen atoms in total. The number of carbonyl (C=O) groups is 2. The lowest BCUT2D eigenvalue weighted by Gasteiger charge is -2.20. The molecule has 0 unspecified atom stereocenters. The van der Waals surface area contributed by atoms with Crippen molar-refractivity contribution in [2.45, 2.75) is 6.92 Å². The number of hydrogen-bond donors (Lipinski definition) is 1. The van der Waals surface area contributed by atoms with Gasteiger partial charge >= 0.3 is 0 Å². The van der Waals surface area contributed by atoms with Gasteiger partial charge in [0.15, 0.2) is 0 Å². The van der Waals surface area contributed by atoms with E-state index in [9.17, 15) is 14.7 Å². The Kier molecular flexibility index (Phi) is 5.56. The van der Waals surface area contributed by atoms with Gasteiger partial charge in [0, 0.05) is 23.6 Å². The highest BCUT2D eigenvalue weighted by Gasteiger charge is 2.41. The van der Waals surface area contributed by atoms with E-state index in [1.165, 1.54) is 18.2 Å². The van der Waals surface area contributed by atoms with Crippen LogP contribution in [0.3, 0.4) is 0 Å². The highest BCUT2D eigenvalue weighted by Crippen LogP contribution is 2.36. The first-order chi connectivity index (χ1) is 12.8. The molecule has 2 amide bonds. The number of carbonyl (C=O) groups excluding carboxylic acids is 2. The van der Waals surface area contributed by atoms with Crippen molar-refractivity contribution in [3.8, 4) is 0 Å². The first kappa shape index (κ1) is 19.4. The molecule has 0 radical (unpaired) electrons. The summed E-state index contributed by atoms with van der Waals surface area (Å²) >= 11 is 12.1. The molecule has 2 aromatic rings. The summed E-state index contributed by atoms with van der Waals surface area (Å²) in [5.74, 6) is -0.938. The Morgan fingerprint density at radius 3 is 2.15 bits per heavy atom. The third-order valence-corrected chi connectivity index (χ3v) is 4.76. The molecule has 2 aromatic carbocycles. The highest BCUT2D eigenvalue weighted by molar-refractivity contribution is 6.46. The van der Waals surface area contributed by atoms with Crippen molar-refractivity contribution in [2.75, 3.05) is 25.1 Å². The summed E-state index contributed by atoms with van der Waals surface area (Å²) in [5, 5.41) is 9.94.